The molecule has 1 saturated carbocycles. The Balaban J connectivity index is 2.24. The number of hydrogen-bond donors (Lipinski definition) is 0. The molecule has 0 spiro atoms. The topological polar surface area (TPSA) is 17.1 Å². The van der Waals surface area contributed by atoms with Crippen molar-refractivity contribution >= 4 is 21.7 Å². The third kappa shape index (κ3) is 2.12. The first kappa shape index (κ1) is 10.8. The van der Waals surface area contributed by atoms with Crippen LogP contribution in [0.2, 0.25) is 0 Å². The molecule has 0 N–H and O–H groups in total. The van der Waals surface area contributed by atoms with Crippen molar-refractivity contribution in [1.82, 2.24) is 0 Å². The van der Waals surface area contributed by atoms with Gasteiger partial charge in [0.25, 0.3) is 0 Å². The molecule has 0 bridgehead atoms. The lowest BCUT2D eigenvalue weighted by molar-refractivity contribution is 0.0948. The fraction of sp³-hybridized carbons (Fsp3) is 0.417. The number of halogens is 2. The van der Waals surface area contributed by atoms with E-state index in [1.54, 1.807) is 12.1 Å². The summed E-state index contributed by atoms with van der Waals surface area (Å²) >= 11 is 3.52. The SMILES string of the molecule is O=C(c1ccc(F)cc1)C1(Br)CCCC1. The lowest BCUT2D eigenvalue weighted by Gasteiger charge is -2.19. The monoisotopic (exact) mass is 270 g/mol. The molecule has 2 rings (SSSR count). The van der Waals surface area contributed by atoms with Crippen LogP contribution in [-0.4, -0.2) is 10.1 Å². The van der Waals surface area contributed by atoms with Crippen LogP contribution in [0.1, 0.15) is 36.0 Å². The van der Waals surface area contributed by atoms with E-state index in [0.29, 0.717) is 5.56 Å². The zero-order valence-electron chi connectivity index (χ0n) is 8.30. The number of alkyl halides is 1. The van der Waals surface area contributed by atoms with E-state index in [0.717, 1.165) is 25.7 Å². The summed E-state index contributed by atoms with van der Waals surface area (Å²) in [5, 5.41) is 0. The molecule has 0 atom stereocenters. The molecule has 0 aliphatic heterocycles. The van der Waals surface area contributed by atoms with Gasteiger partial charge in [0.05, 0.1) is 4.32 Å². The Morgan fingerprint density at radius 2 is 1.73 bits per heavy atom. The van der Waals surface area contributed by atoms with Gasteiger partial charge in [0.1, 0.15) is 5.82 Å². The van der Waals surface area contributed by atoms with Crippen LogP contribution in [-0.2, 0) is 0 Å². The minimum atomic E-state index is -0.398. The molecule has 80 valence electrons. The van der Waals surface area contributed by atoms with Gasteiger partial charge in [-0.05, 0) is 37.1 Å². The smallest absolute Gasteiger partial charge is 0.179 e. The molecule has 0 radical (unpaired) electrons. The van der Waals surface area contributed by atoms with Crippen molar-refractivity contribution in [2.75, 3.05) is 0 Å². The molecule has 1 fully saturated rings. The van der Waals surface area contributed by atoms with Crippen LogP contribution < -0.4 is 0 Å². The molecular formula is C12H12BrFO. The van der Waals surface area contributed by atoms with E-state index in [1.165, 1.54) is 12.1 Å². The Morgan fingerprint density at radius 3 is 2.27 bits per heavy atom. The summed E-state index contributed by atoms with van der Waals surface area (Å²) in [6.45, 7) is 0. The Bertz CT molecular complexity index is 366. The van der Waals surface area contributed by atoms with E-state index in [2.05, 4.69) is 15.9 Å². The third-order valence-electron chi connectivity index (χ3n) is 2.91. The van der Waals surface area contributed by atoms with Gasteiger partial charge in [0.15, 0.2) is 5.78 Å². The Labute approximate surface area is 96.8 Å². The zero-order chi connectivity index (χ0) is 10.9. The van der Waals surface area contributed by atoms with Crippen LogP contribution >= 0.6 is 15.9 Å². The molecule has 0 unspecified atom stereocenters. The Hall–Kier alpha value is -0.700. The van der Waals surface area contributed by atoms with Gasteiger partial charge in [-0.2, -0.15) is 0 Å². The van der Waals surface area contributed by atoms with Crippen LogP contribution in [0, 0.1) is 5.82 Å². The molecule has 1 aromatic rings. The maximum absolute atomic E-state index is 12.7. The summed E-state index contributed by atoms with van der Waals surface area (Å²) in [5.41, 5.74) is 0.593. The summed E-state index contributed by atoms with van der Waals surface area (Å²) in [6.07, 6.45) is 3.92. The average molecular weight is 271 g/mol. The highest BCUT2D eigenvalue weighted by atomic mass is 79.9. The molecule has 3 heteroatoms. The van der Waals surface area contributed by atoms with E-state index in [1.807, 2.05) is 0 Å². The molecule has 15 heavy (non-hydrogen) atoms. The maximum Gasteiger partial charge on any atom is 0.179 e. The molecular weight excluding hydrogens is 259 g/mol. The largest absolute Gasteiger partial charge is 0.293 e. The van der Waals surface area contributed by atoms with E-state index >= 15 is 0 Å². The molecule has 1 nitrogen and oxygen atoms in total. The van der Waals surface area contributed by atoms with Gasteiger partial charge in [-0.1, -0.05) is 28.8 Å². The summed E-state index contributed by atoms with van der Waals surface area (Å²) in [5.74, 6) is -0.221. The fourth-order valence-corrected chi connectivity index (χ4v) is 2.81. The van der Waals surface area contributed by atoms with Crippen LogP contribution in [0.4, 0.5) is 4.39 Å². The number of Topliss-reactive ketones (excluding diaryl/α,β-unsaturated/α-hetero) is 1. The molecule has 0 saturated heterocycles. The second kappa shape index (κ2) is 4.05. The molecule has 1 aliphatic carbocycles. The number of carbonyl (C=O) groups excluding carboxylic acids is 1. The van der Waals surface area contributed by atoms with Crippen molar-refractivity contribution in [3.8, 4) is 0 Å². The van der Waals surface area contributed by atoms with Crippen LogP contribution in [0.3, 0.4) is 0 Å². The highest BCUT2D eigenvalue weighted by Crippen LogP contribution is 2.40. The number of benzene rings is 1. The Kier molecular flexibility index (Phi) is 2.91. The lowest BCUT2D eigenvalue weighted by atomic mass is 9.96. The first-order chi connectivity index (χ1) is 7.12. The van der Waals surface area contributed by atoms with E-state index in [-0.39, 0.29) is 11.6 Å². The lowest BCUT2D eigenvalue weighted by Crippen LogP contribution is -2.28. The minimum absolute atomic E-state index is 0.0833. The van der Waals surface area contributed by atoms with Crippen molar-refractivity contribution in [1.29, 1.82) is 0 Å². The molecule has 0 amide bonds. The van der Waals surface area contributed by atoms with Gasteiger partial charge >= 0.3 is 0 Å². The van der Waals surface area contributed by atoms with Gasteiger partial charge < -0.3 is 0 Å². The maximum atomic E-state index is 12.7. The number of hydrogen-bond acceptors (Lipinski definition) is 1. The highest BCUT2D eigenvalue weighted by Gasteiger charge is 2.38. The molecule has 0 aromatic heterocycles. The predicted octanol–water partition coefficient (Wildman–Crippen LogP) is 3.72. The van der Waals surface area contributed by atoms with Crippen LogP contribution in [0.25, 0.3) is 0 Å². The van der Waals surface area contributed by atoms with E-state index in [4.69, 9.17) is 0 Å². The summed E-state index contributed by atoms with van der Waals surface area (Å²) in [6, 6.07) is 5.77. The summed E-state index contributed by atoms with van der Waals surface area (Å²) in [7, 11) is 0. The van der Waals surface area contributed by atoms with Gasteiger partial charge in [0, 0.05) is 5.56 Å². The number of carbonyl (C=O) groups is 1. The second-order valence-electron chi connectivity index (χ2n) is 4.01. The molecule has 1 aliphatic rings. The molecule has 0 heterocycles. The standard InChI is InChI=1S/C12H12BrFO/c13-12(7-1-2-8-12)11(15)9-3-5-10(14)6-4-9/h3-6H,1-2,7-8H2. The van der Waals surface area contributed by atoms with E-state index in [9.17, 15) is 9.18 Å². The zero-order valence-corrected chi connectivity index (χ0v) is 9.89. The second-order valence-corrected chi connectivity index (χ2v) is 5.53. The minimum Gasteiger partial charge on any atom is -0.293 e. The van der Waals surface area contributed by atoms with Crippen molar-refractivity contribution in [2.24, 2.45) is 0 Å². The predicted molar refractivity (Wildman–Crippen MR) is 60.9 cm³/mol. The van der Waals surface area contributed by atoms with Crippen LogP contribution in [0.15, 0.2) is 24.3 Å². The average Bonchev–Trinajstić information content (AvgIpc) is 2.67. The van der Waals surface area contributed by atoms with Crippen molar-refractivity contribution < 1.29 is 9.18 Å². The van der Waals surface area contributed by atoms with Crippen molar-refractivity contribution in [3.05, 3.63) is 35.6 Å². The van der Waals surface area contributed by atoms with E-state index < -0.39 is 4.32 Å². The van der Waals surface area contributed by atoms with Gasteiger partial charge in [-0.15, -0.1) is 0 Å². The number of rotatable bonds is 2. The third-order valence-corrected chi connectivity index (χ3v) is 4.06. The Morgan fingerprint density at radius 1 is 1.20 bits per heavy atom. The van der Waals surface area contributed by atoms with Crippen LogP contribution in [0.5, 0.6) is 0 Å². The number of ketones is 1. The summed E-state index contributed by atoms with van der Waals surface area (Å²) in [4.78, 5) is 12.1. The quantitative estimate of drug-likeness (QED) is 0.592. The first-order valence-corrected chi connectivity index (χ1v) is 5.90. The van der Waals surface area contributed by atoms with Gasteiger partial charge in [0.2, 0.25) is 0 Å². The normalized spacial score (nSPS) is 19.1. The highest BCUT2D eigenvalue weighted by molar-refractivity contribution is 9.10. The van der Waals surface area contributed by atoms with Gasteiger partial charge in [-0.25, -0.2) is 4.39 Å². The first-order valence-electron chi connectivity index (χ1n) is 5.11. The van der Waals surface area contributed by atoms with Crippen molar-refractivity contribution in [2.45, 2.75) is 30.0 Å². The molecule has 1 aromatic carbocycles. The summed E-state index contributed by atoms with van der Waals surface area (Å²) < 4.78 is 12.3. The van der Waals surface area contributed by atoms with Gasteiger partial charge in [-0.3, -0.25) is 4.79 Å². The fourth-order valence-electron chi connectivity index (χ4n) is 2.02. The van der Waals surface area contributed by atoms with Crippen molar-refractivity contribution in [3.63, 3.8) is 0 Å².